The Balaban J connectivity index is 1.57. The lowest BCUT2D eigenvalue weighted by molar-refractivity contribution is -0.118. The molecule has 0 unspecified atom stereocenters. The number of rotatable bonds is 4. The van der Waals surface area contributed by atoms with Crippen LogP contribution in [0.5, 0.6) is 0 Å². The van der Waals surface area contributed by atoms with Crippen molar-refractivity contribution in [1.82, 2.24) is 10.6 Å². The number of carbonyl (C=O) groups is 1. The van der Waals surface area contributed by atoms with Crippen LogP contribution in [0.3, 0.4) is 0 Å². The minimum absolute atomic E-state index is 0.0154. The highest BCUT2D eigenvalue weighted by molar-refractivity contribution is 5.86. The summed E-state index contributed by atoms with van der Waals surface area (Å²) in [5.74, 6) is -0.0154. The lowest BCUT2D eigenvalue weighted by Crippen LogP contribution is -2.31. The van der Waals surface area contributed by atoms with Gasteiger partial charge in [-0.25, -0.2) is 0 Å². The van der Waals surface area contributed by atoms with Gasteiger partial charge in [0.2, 0.25) is 5.91 Å². The van der Waals surface area contributed by atoms with Crippen LogP contribution in [-0.4, -0.2) is 25.2 Å². The van der Waals surface area contributed by atoms with E-state index < -0.39 is 0 Å². The fourth-order valence-electron chi connectivity index (χ4n) is 2.45. The lowest BCUT2D eigenvalue weighted by atomic mass is 10.2. The molecular formula is C18H20N2O3. The standard InChI is InChI=1S/C18H20N2O3/c21-18-9-15-12-23-16(13-22-8-4-7-17(15)20-18)11-19-10-14-5-2-1-3-6-14/h1-8,12,16,19H,9-11,13H2,(H,20,21)/b8-4+,15-12+,17-7+/t16-/m0/s1. The zero-order chi connectivity index (χ0) is 15.9. The van der Waals surface area contributed by atoms with Crippen molar-refractivity contribution in [1.29, 1.82) is 0 Å². The van der Waals surface area contributed by atoms with Gasteiger partial charge in [-0.15, -0.1) is 0 Å². The zero-order valence-electron chi connectivity index (χ0n) is 12.8. The fraction of sp³-hybridized carbons (Fsp3) is 0.278. The van der Waals surface area contributed by atoms with Crippen molar-refractivity contribution in [2.75, 3.05) is 13.2 Å². The van der Waals surface area contributed by atoms with Crippen LogP contribution in [-0.2, 0) is 20.8 Å². The summed E-state index contributed by atoms with van der Waals surface area (Å²) in [7, 11) is 0. The highest BCUT2D eigenvalue weighted by Gasteiger charge is 2.21. The van der Waals surface area contributed by atoms with Gasteiger partial charge in [-0.2, -0.15) is 0 Å². The lowest BCUT2D eigenvalue weighted by Gasteiger charge is -2.18. The van der Waals surface area contributed by atoms with Crippen molar-refractivity contribution in [3.63, 3.8) is 0 Å². The largest absolute Gasteiger partial charge is 0.497 e. The average Bonchev–Trinajstić information content (AvgIpc) is 2.93. The van der Waals surface area contributed by atoms with E-state index in [9.17, 15) is 4.79 Å². The van der Waals surface area contributed by atoms with Crippen LogP contribution in [0.25, 0.3) is 0 Å². The number of hydrogen-bond donors (Lipinski definition) is 2. The van der Waals surface area contributed by atoms with Gasteiger partial charge in [0.25, 0.3) is 0 Å². The first-order valence-electron chi connectivity index (χ1n) is 7.69. The molecular weight excluding hydrogens is 292 g/mol. The van der Waals surface area contributed by atoms with E-state index in [4.69, 9.17) is 9.47 Å². The summed E-state index contributed by atoms with van der Waals surface area (Å²) < 4.78 is 11.3. The second kappa shape index (κ2) is 7.65. The Morgan fingerprint density at radius 3 is 3.00 bits per heavy atom. The molecule has 2 aliphatic rings. The maximum absolute atomic E-state index is 11.5. The van der Waals surface area contributed by atoms with Crippen molar-refractivity contribution in [3.8, 4) is 0 Å². The summed E-state index contributed by atoms with van der Waals surface area (Å²) >= 11 is 0. The van der Waals surface area contributed by atoms with Gasteiger partial charge in [0, 0.05) is 24.4 Å². The predicted octanol–water partition coefficient (Wildman–Crippen LogP) is 1.99. The molecule has 1 amide bonds. The SMILES string of the molecule is O=C1CC2=C\O[C@@H](CNCc3ccccc3)CO/C=C/C=C\2N1. The topological polar surface area (TPSA) is 59.6 Å². The molecule has 1 atom stereocenters. The van der Waals surface area contributed by atoms with E-state index in [-0.39, 0.29) is 12.0 Å². The monoisotopic (exact) mass is 312 g/mol. The minimum atomic E-state index is -0.120. The molecule has 1 fully saturated rings. The van der Waals surface area contributed by atoms with Crippen LogP contribution in [0.4, 0.5) is 0 Å². The van der Waals surface area contributed by atoms with E-state index in [1.807, 2.05) is 24.3 Å². The van der Waals surface area contributed by atoms with Crippen LogP contribution in [0.15, 0.2) is 66.3 Å². The third-order valence-electron chi connectivity index (χ3n) is 3.64. The zero-order valence-corrected chi connectivity index (χ0v) is 12.8. The van der Waals surface area contributed by atoms with Crippen LogP contribution in [0.2, 0.25) is 0 Å². The number of ether oxygens (including phenoxy) is 2. The van der Waals surface area contributed by atoms with E-state index in [1.54, 1.807) is 18.6 Å². The maximum Gasteiger partial charge on any atom is 0.229 e. The third-order valence-corrected chi connectivity index (χ3v) is 3.64. The summed E-state index contributed by atoms with van der Waals surface area (Å²) in [5.41, 5.74) is 2.87. The number of hydrogen-bond acceptors (Lipinski definition) is 4. The third kappa shape index (κ3) is 4.47. The molecule has 0 aliphatic carbocycles. The van der Waals surface area contributed by atoms with Crippen LogP contribution in [0.1, 0.15) is 12.0 Å². The Kier molecular flexibility index (Phi) is 5.11. The van der Waals surface area contributed by atoms with Crippen molar-refractivity contribution >= 4 is 5.91 Å². The Morgan fingerprint density at radius 2 is 2.13 bits per heavy atom. The summed E-state index contributed by atoms with van der Waals surface area (Å²) in [6, 6.07) is 10.2. The molecule has 120 valence electrons. The molecule has 23 heavy (non-hydrogen) atoms. The molecule has 0 bridgehead atoms. The molecule has 1 aromatic carbocycles. The van der Waals surface area contributed by atoms with Gasteiger partial charge in [-0.1, -0.05) is 30.3 Å². The van der Waals surface area contributed by atoms with Crippen molar-refractivity contribution < 1.29 is 14.3 Å². The Bertz CT molecular complexity index is 635. The molecule has 5 nitrogen and oxygen atoms in total. The van der Waals surface area contributed by atoms with Gasteiger partial charge in [0.05, 0.1) is 18.9 Å². The van der Waals surface area contributed by atoms with Gasteiger partial charge < -0.3 is 20.1 Å². The number of benzene rings is 1. The Labute approximate surface area is 135 Å². The summed E-state index contributed by atoms with van der Waals surface area (Å²) in [5, 5.41) is 6.17. The molecule has 5 heteroatoms. The molecule has 0 spiro atoms. The van der Waals surface area contributed by atoms with Crippen molar-refractivity contribution in [2.45, 2.75) is 19.1 Å². The van der Waals surface area contributed by atoms with E-state index in [0.29, 0.717) is 19.6 Å². The molecule has 0 saturated carbocycles. The summed E-state index contributed by atoms with van der Waals surface area (Å²) in [4.78, 5) is 11.5. The summed E-state index contributed by atoms with van der Waals surface area (Å²) in [6.45, 7) is 1.89. The molecule has 1 aromatic rings. The predicted molar refractivity (Wildman–Crippen MR) is 87.0 cm³/mol. The van der Waals surface area contributed by atoms with E-state index in [2.05, 4.69) is 22.8 Å². The first-order valence-corrected chi connectivity index (χ1v) is 7.69. The quantitative estimate of drug-likeness (QED) is 0.893. The van der Waals surface area contributed by atoms with Gasteiger partial charge in [0.15, 0.2) is 0 Å². The molecule has 3 rings (SSSR count). The maximum atomic E-state index is 11.5. The van der Waals surface area contributed by atoms with Crippen LogP contribution < -0.4 is 10.6 Å². The normalized spacial score (nSPS) is 26.4. The fourth-order valence-corrected chi connectivity index (χ4v) is 2.45. The molecule has 2 aliphatic heterocycles. The number of fused-ring (bicyclic) bond motifs is 1. The first kappa shape index (κ1) is 15.4. The number of amides is 1. The van der Waals surface area contributed by atoms with Gasteiger partial charge in [0.1, 0.15) is 12.7 Å². The number of allylic oxidation sites excluding steroid dienone is 3. The van der Waals surface area contributed by atoms with Crippen LogP contribution in [0, 0.1) is 0 Å². The Morgan fingerprint density at radius 1 is 1.26 bits per heavy atom. The van der Waals surface area contributed by atoms with E-state index >= 15 is 0 Å². The second-order valence-corrected chi connectivity index (χ2v) is 5.48. The molecule has 0 radical (unpaired) electrons. The van der Waals surface area contributed by atoms with Gasteiger partial charge in [-0.3, -0.25) is 4.79 Å². The Hall–Kier alpha value is -2.53. The summed E-state index contributed by atoms with van der Waals surface area (Å²) in [6.07, 6.45) is 7.12. The van der Waals surface area contributed by atoms with E-state index in [1.165, 1.54) is 5.56 Å². The molecule has 0 aromatic heterocycles. The van der Waals surface area contributed by atoms with Crippen molar-refractivity contribution in [3.05, 3.63) is 71.8 Å². The molecule has 2 N–H and O–H groups in total. The van der Waals surface area contributed by atoms with Gasteiger partial charge >= 0.3 is 0 Å². The average molecular weight is 312 g/mol. The number of nitrogens with one attached hydrogen (secondary N) is 2. The second-order valence-electron chi connectivity index (χ2n) is 5.48. The molecule has 1 saturated heterocycles. The van der Waals surface area contributed by atoms with Crippen molar-refractivity contribution in [2.24, 2.45) is 0 Å². The smallest absolute Gasteiger partial charge is 0.229 e. The van der Waals surface area contributed by atoms with Gasteiger partial charge in [-0.05, 0) is 17.7 Å². The minimum Gasteiger partial charge on any atom is -0.497 e. The van der Waals surface area contributed by atoms with E-state index in [0.717, 1.165) is 17.8 Å². The first-order chi connectivity index (χ1) is 11.3. The van der Waals surface area contributed by atoms with Crippen LogP contribution >= 0.6 is 0 Å². The molecule has 2 heterocycles. The number of carbonyl (C=O) groups excluding carboxylic acids is 1. The highest BCUT2D eigenvalue weighted by Crippen LogP contribution is 2.20. The highest BCUT2D eigenvalue weighted by atomic mass is 16.5.